The van der Waals surface area contributed by atoms with Crippen LogP contribution in [0.3, 0.4) is 0 Å². The topological polar surface area (TPSA) is 58.9 Å². The van der Waals surface area contributed by atoms with Gasteiger partial charge in [-0.3, -0.25) is 0 Å². The molecule has 0 fully saturated rings. The van der Waals surface area contributed by atoms with E-state index < -0.39 is 28.9 Å². The fraction of sp³-hybridized carbons (Fsp3) is 0.400. The molecule has 30 heavy (non-hydrogen) atoms. The number of aliphatic hydroxyl groups excluding tert-OH is 2. The molecular weight excluding hydrogens is 418 g/mol. The minimum absolute atomic E-state index is 0.0266. The highest BCUT2D eigenvalue weighted by atomic mass is 19.4. The highest BCUT2D eigenvalue weighted by molar-refractivity contribution is 5.47. The summed E-state index contributed by atoms with van der Waals surface area (Å²) in [6.45, 7) is -0.611. The second kappa shape index (κ2) is 9.57. The third-order valence-electron chi connectivity index (χ3n) is 4.36. The average Bonchev–Trinajstić information content (AvgIpc) is 2.67. The third kappa shape index (κ3) is 4.81. The van der Waals surface area contributed by atoms with Gasteiger partial charge in [-0.25, -0.2) is 0 Å². The van der Waals surface area contributed by atoms with Crippen molar-refractivity contribution in [2.75, 3.05) is 26.4 Å². The number of alkyl halides is 6. The van der Waals surface area contributed by atoms with Gasteiger partial charge in [-0.2, -0.15) is 26.3 Å². The molecule has 0 atom stereocenters. The van der Waals surface area contributed by atoms with E-state index in [1.54, 1.807) is 0 Å². The van der Waals surface area contributed by atoms with E-state index in [0.717, 1.165) is 36.4 Å². The summed E-state index contributed by atoms with van der Waals surface area (Å²) in [5.41, 5.74) is -6.30. The van der Waals surface area contributed by atoms with E-state index in [1.165, 1.54) is 0 Å². The van der Waals surface area contributed by atoms with Crippen molar-refractivity contribution in [3.05, 3.63) is 59.7 Å². The Morgan fingerprint density at radius 1 is 0.600 bits per heavy atom. The minimum atomic E-state index is -5.70. The summed E-state index contributed by atoms with van der Waals surface area (Å²) in [6, 6.07) is 6.90. The second-order valence-corrected chi connectivity index (χ2v) is 6.29. The van der Waals surface area contributed by atoms with Gasteiger partial charge in [-0.1, -0.05) is 24.3 Å². The summed E-state index contributed by atoms with van der Waals surface area (Å²) in [7, 11) is 0. The maximum Gasteiger partial charge on any atom is 0.411 e. The van der Waals surface area contributed by atoms with E-state index in [9.17, 15) is 26.3 Å². The molecule has 4 nitrogen and oxygen atoms in total. The van der Waals surface area contributed by atoms with Crippen molar-refractivity contribution in [1.82, 2.24) is 0 Å². The van der Waals surface area contributed by atoms with Crippen LogP contribution in [0.2, 0.25) is 0 Å². The molecule has 0 aliphatic carbocycles. The lowest BCUT2D eigenvalue weighted by Gasteiger charge is -2.38. The first-order chi connectivity index (χ1) is 14.1. The summed E-state index contributed by atoms with van der Waals surface area (Å²) < 4.78 is 94.5. The summed E-state index contributed by atoms with van der Waals surface area (Å²) in [4.78, 5) is 0. The first kappa shape index (κ1) is 23.8. The molecule has 0 bridgehead atoms. The zero-order chi connectivity index (χ0) is 22.4. The number of rotatable bonds is 9. The molecule has 2 N–H and O–H groups in total. The lowest BCUT2D eigenvalue weighted by atomic mass is 9.73. The maximum absolute atomic E-state index is 14.1. The lowest BCUT2D eigenvalue weighted by molar-refractivity contribution is -0.288. The van der Waals surface area contributed by atoms with Crippen LogP contribution in [-0.4, -0.2) is 49.0 Å². The van der Waals surface area contributed by atoms with E-state index in [1.807, 2.05) is 0 Å². The van der Waals surface area contributed by atoms with Gasteiger partial charge in [-0.15, -0.1) is 0 Å². The molecule has 2 aromatic rings. The number of ether oxygens (including phenoxy) is 2. The zero-order valence-electron chi connectivity index (χ0n) is 15.6. The SMILES string of the molecule is OCCCOc1ccc(C(c2ccc(OCCO)cc2)(C(F)(F)F)C(F)(F)F)cc1. The second-order valence-electron chi connectivity index (χ2n) is 6.29. The molecule has 166 valence electrons. The van der Waals surface area contributed by atoms with Gasteiger partial charge < -0.3 is 19.7 Å². The van der Waals surface area contributed by atoms with E-state index >= 15 is 0 Å². The predicted octanol–water partition coefficient (Wildman–Crippen LogP) is 4.23. The maximum atomic E-state index is 14.1. The average molecular weight is 438 g/mol. The molecule has 0 aromatic heterocycles. The number of hydrogen-bond donors (Lipinski definition) is 2. The first-order valence-corrected chi connectivity index (χ1v) is 8.89. The van der Waals surface area contributed by atoms with Gasteiger partial charge in [0.05, 0.1) is 13.2 Å². The van der Waals surface area contributed by atoms with Crippen LogP contribution < -0.4 is 9.47 Å². The Morgan fingerprint density at radius 3 is 1.33 bits per heavy atom. The summed E-state index contributed by atoms with van der Waals surface area (Å²) in [5.74, 6) is 0.108. The summed E-state index contributed by atoms with van der Waals surface area (Å²) in [6.07, 6.45) is -11.1. The van der Waals surface area contributed by atoms with Crippen molar-refractivity contribution in [2.45, 2.75) is 24.2 Å². The third-order valence-corrected chi connectivity index (χ3v) is 4.36. The fourth-order valence-electron chi connectivity index (χ4n) is 3.00. The van der Waals surface area contributed by atoms with E-state index in [4.69, 9.17) is 19.7 Å². The van der Waals surface area contributed by atoms with Crippen molar-refractivity contribution in [3.8, 4) is 11.5 Å². The van der Waals surface area contributed by atoms with E-state index in [0.29, 0.717) is 12.1 Å². The van der Waals surface area contributed by atoms with E-state index in [2.05, 4.69) is 0 Å². The van der Waals surface area contributed by atoms with Crippen molar-refractivity contribution < 1.29 is 46.0 Å². The highest BCUT2D eigenvalue weighted by Crippen LogP contribution is 2.56. The first-order valence-electron chi connectivity index (χ1n) is 8.89. The Morgan fingerprint density at radius 2 is 1.00 bits per heavy atom. The smallest absolute Gasteiger partial charge is 0.411 e. The van der Waals surface area contributed by atoms with Crippen LogP contribution in [0.25, 0.3) is 0 Å². The number of halogens is 6. The monoisotopic (exact) mass is 438 g/mol. The van der Waals surface area contributed by atoms with Crippen LogP contribution in [-0.2, 0) is 5.41 Å². The number of benzene rings is 2. The van der Waals surface area contributed by atoms with Crippen LogP contribution >= 0.6 is 0 Å². The number of aliphatic hydroxyl groups is 2. The van der Waals surface area contributed by atoms with Gasteiger partial charge >= 0.3 is 12.4 Å². The van der Waals surface area contributed by atoms with Crippen LogP contribution in [0.4, 0.5) is 26.3 Å². The molecule has 2 aromatic carbocycles. The molecule has 0 aliphatic rings. The quantitative estimate of drug-likeness (QED) is 0.455. The van der Waals surface area contributed by atoms with Gasteiger partial charge in [0.25, 0.3) is 0 Å². The van der Waals surface area contributed by atoms with E-state index in [-0.39, 0.29) is 44.3 Å². The molecule has 0 saturated heterocycles. The van der Waals surface area contributed by atoms with Gasteiger partial charge in [0.2, 0.25) is 5.41 Å². The van der Waals surface area contributed by atoms with Crippen molar-refractivity contribution >= 4 is 0 Å². The minimum Gasteiger partial charge on any atom is -0.494 e. The van der Waals surface area contributed by atoms with Gasteiger partial charge in [-0.05, 0) is 35.4 Å². The van der Waals surface area contributed by atoms with Crippen molar-refractivity contribution in [1.29, 1.82) is 0 Å². The molecule has 10 heteroatoms. The lowest BCUT2D eigenvalue weighted by Crippen LogP contribution is -2.54. The van der Waals surface area contributed by atoms with Crippen LogP contribution in [0, 0.1) is 0 Å². The molecule has 0 unspecified atom stereocenters. The molecule has 2 rings (SSSR count). The summed E-state index contributed by atoms with van der Waals surface area (Å²) >= 11 is 0. The summed E-state index contributed by atoms with van der Waals surface area (Å²) in [5, 5.41) is 17.4. The molecular formula is C20H20F6O4. The van der Waals surface area contributed by atoms with Crippen molar-refractivity contribution in [3.63, 3.8) is 0 Å². The molecule has 0 saturated carbocycles. The zero-order valence-corrected chi connectivity index (χ0v) is 15.6. The predicted molar refractivity (Wildman–Crippen MR) is 95.6 cm³/mol. The molecule has 0 aliphatic heterocycles. The van der Waals surface area contributed by atoms with Crippen LogP contribution in [0.1, 0.15) is 17.5 Å². The Labute approximate surface area is 168 Å². The largest absolute Gasteiger partial charge is 0.494 e. The Hall–Kier alpha value is -2.46. The highest BCUT2D eigenvalue weighted by Gasteiger charge is 2.72. The van der Waals surface area contributed by atoms with Gasteiger partial charge in [0.1, 0.15) is 18.1 Å². The van der Waals surface area contributed by atoms with Gasteiger partial charge in [0, 0.05) is 13.0 Å². The Balaban J connectivity index is 2.55. The van der Waals surface area contributed by atoms with Crippen LogP contribution in [0.15, 0.2) is 48.5 Å². The molecule has 0 amide bonds. The Bertz CT molecular complexity index is 771. The molecule has 0 heterocycles. The van der Waals surface area contributed by atoms with Crippen molar-refractivity contribution in [2.24, 2.45) is 0 Å². The van der Waals surface area contributed by atoms with Crippen LogP contribution in [0.5, 0.6) is 11.5 Å². The van der Waals surface area contributed by atoms with Gasteiger partial charge in [0.15, 0.2) is 0 Å². The Kier molecular flexibility index (Phi) is 7.59. The fourth-order valence-corrected chi connectivity index (χ4v) is 3.00. The standard InChI is InChI=1S/C20H20F6O4/c21-19(22,23)18(20(24,25)26,15-4-8-17(9-5-15)30-13-11-28)14-2-6-16(7-3-14)29-12-1-10-27/h2-9,27-28H,1,10-13H2. The molecule has 0 radical (unpaired) electrons. The number of hydrogen-bond acceptors (Lipinski definition) is 4. The molecule has 0 spiro atoms. The normalized spacial score (nSPS) is 12.7.